The average Bonchev–Trinajstić information content (AvgIpc) is 2.88. The number of ketones is 1. The van der Waals surface area contributed by atoms with Gasteiger partial charge in [-0.3, -0.25) is 9.59 Å². The van der Waals surface area contributed by atoms with Crippen LogP contribution in [0.1, 0.15) is 44.6 Å². The lowest BCUT2D eigenvalue weighted by molar-refractivity contribution is -0.121. The van der Waals surface area contributed by atoms with Gasteiger partial charge < -0.3 is 10.4 Å². The number of amides is 1. The zero-order valence-corrected chi connectivity index (χ0v) is 14.5. The molecule has 1 heterocycles. The molecule has 0 spiro atoms. The van der Waals surface area contributed by atoms with Crippen LogP contribution in [0, 0.1) is 19.7 Å². The molecule has 2 N–H and O–H groups in total. The first kappa shape index (κ1) is 18.3. The third-order valence-electron chi connectivity index (χ3n) is 3.65. The van der Waals surface area contributed by atoms with Crippen molar-refractivity contribution < 1.29 is 19.1 Å². The summed E-state index contributed by atoms with van der Waals surface area (Å²) < 4.78 is 13.1. The molecular weight excluding hydrogens is 329 g/mol. The van der Waals surface area contributed by atoms with Crippen molar-refractivity contribution >= 4 is 23.0 Å². The molecule has 0 aliphatic carbocycles. The molecule has 1 aromatic heterocycles. The van der Waals surface area contributed by atoms with Crippen molar-refractivity contribution in [2.45, 2.75) is 32.8 Å². The maximum atomic E-state index is 13.1. The molecule has 2 aromatic rings. The van der Waals surface area contributed by atoms with Gasteiger partial charge in [-0.15, -0.1) is 11.3 Å². The molecule has 0 radical (unpaired) electrons. The Labute approximate surface area is 144 Å². The topological polar surface area (TPSA) is 66.4 Å². The number of halogens is 1. The van der Waals surface area contributed by atoms with Crippen LogP contribution >= 0.6 is 11.3 Å². The lowest BCUT2D eigenvalue weighted by atomic mass is 10.1. The van der Waals surface area contributed by atoms with Gasteiger partial charge in [0.25, 0.3) is 0 Å². The van der Waals surface area contributed by atoms with Gasteiger partial charge in [0.1, 0.15) is 5.82 Å². The van der Waals surface area contributed by atoms with E-state index in [4.69, 9.17) is 0 Å². The quantitative estimate of drug-likeness (QED) is 0.754. The molecule has 0 bridgehead atoms. The number of Topliss-reactive ketones (excluding diaryl/α,β-unsaturated/α-hetero) is 1. The van der Waals surface area contributed by atoms with Gasteiger partial charge in [-0.25, -0.2) is 4.39 Å². The lowest BCUT2D eigenvalue weighted by Crippen LogP contribution is -2.28. The first-order chi connectivity index (χ1) is 11.4. The van der Waals surface area contributed by atoms with Crippen LogP contribution in [-0.4, -0.2) is 23.3 Å². The van der Waals surface area contributed by atoms with E-state index in [1.54, 1.807) is 17.4 Å². The molecule has 4 nitrogen and oxygen atoms in total. The maximum Gasteiger partial charge on any atom is 0.220 e. The molecule has 2 rings (SSSR count). The normalized spacial score (nSPS) is 12.0. The third kappa shape index (κ3) is 4.97. The first-order valence-corrected chi connectivity index (χ1v) is 8.49. The highest BCUT2D eigenvalue weighted by Gasteiger charge is 2.15. The molecule has 1 aromatic carbocycles. The van der Waals surface area contributed by atoms with Crippen LogP contribution < -0.4 is 5.32 Å². The highest BCUT2D eigenvalue weighted by Crippen LogP contribution is 2.22. The van der Waals surface area contributed by atoms with Gasteiger partial charge in [-0.2, -0.15) is 0 Å². The van der Waals surface area contributed by atoms with Crippen molar-refractivity contribution in [2.75, 3.05) is 6.54 Å². The Morgan fingerprint density at radius 1 is 1.25 bits per heavy atom. The molecule has 0 saturated heterocycles. The highest BCUT2D eigenvalue weighted by atomic mass is 32.1. The summed E-state index contributed by atoms with van der Waals surface area (Å²) in [5.74, 6) is -0.814. The van der Waals surface area contributed by atoms with Gasteiger partial charge in [0.15, 0.2) is 5.78 Å². The second-order valence-electron chi connectivity index (χ2n) is 5.62. The summed E-state index contributed by atoms with van der Waals surface area (Å²) in [5, 5.41) is 12.5. The molecule has 0 aliphatic rings. The number of carbonyl (C=O) groups is 2. The fraction of sp³-hybridized carbons (Fsp3) is 0.333. The van der Waals surface area contributed by atoms with E-state index in [-0.39, 0.29) is 31.1 Å². The minimum Gasteiger partial charge on any atom is -0.387 e. The number of rotatable bonds is 7. The molecular formula is C18H20FNO3S. The van der Waals surface area contributed by atoms with Gasteiger partial charge in [-0.1, -0.05) is 12.1 Å². The summed E-state index contributed by atoms with van der Waals surface area (Å²) in [6, 6.07) is 7.44. The second kappa shape index (κ2) is 8.17. The van der Waals surface area contributed by atoms with E-state index in [9.17, 15) is 19.1 Å². The molecule has 1 amide bonds. The molecule has 1 unspecified atom stereocenters. The number of carbonyl (C=O) groups excluding carboxylic acids is 2. The predicted molar refractivity (Wildman–Crippen MR) is 91.7 cm³/mol. The number of aliphatic hydroxyl groups excluding tert-OH is 1. The van der Waals surface area contributed by atoms with Crippen molar-refractivity contribution in [1.82, 2.24) is 5.32 Å². The molecule has 128 valence electrons. The molecule has 0 aliphatic heterocycles. The molecule has 24 heavy (non-hydrogen) atoms. The Kier molecular flexibility index (Phi) is 6.23. The van der Waals surface area contributed by atoms with Crippen molar-refractivity contribution in [3.63, 3.8) is 0 Å². The van der Waals surface area contributed by atoms with Crippen LogP contribution in [-0.2, 0) is 4.79 Å². The van der Waals surface area contributed by atoms with Gasteiger partial charge in [0, 0.05) is 34.7 Å². The van der Waals surface area contributed by atoms with E-state index < -0.39 is 11.9 Å². The van der Waals surface area contributed by atoms with Gasteiger partial charge in [0.05, 0.1) is 6.10 Å². The third-order valence-corrected chi connectivity index (χ3v) is 4.61. The van der Waals surface area contributed by atoms with Crippen LogP contribution in [0.5, 0.6) is 0 Å². The smallest absolute Gasteiger partial charge is 0.220 e. The Bertz CT molecular complexity index is 742. The molecule has 6 heteroatoms. The number of aryl methyl sites for hydroxylation is 2. The minimum absolute atomic E-state index is 0.0208. The number of hydrogen-bond acceptors (Lipinski definition) is 4. The lowest BCUT2D eigenvalue weighted by Gasteiger charge is -2.12. The summed E-state index contributed by atoms with van der Waals surface area (Å²) in [6.07, 6.45) is -0.802. The molecule has 1 atom stereocenters. The van der Waals surface area contributed by atoms with Crippen molar-refractivity contribution in [3.05, 3.63) is 57.0 Å². The summed E-state index contributed by atoms with van der Waals surface area (Å²) in [6.45, 7) is 3.81. The monoisotopic (exact) mass is 349 g/mol. The maximum absolute atomic E-state index is 13.1. The van der Waals surface area contributed by atoms with Gasteiger partial charge >= 0.3 is 0 Å². The van der Waals surface area contributed by atoms with Crippen LogP contribution in [0.4, 0.5) is 4.39 Å². The number of thiophene rings is 1. The van der Waals surface area contributed by atoms with Crippen LogP contribution in [0.25, 0.3) is 0 Å². The fourth-order valence-electron chi connectivity index (χ4n) is 2.40. The Morgan fingerprint density at radius 3 is 2.62 bits per heavy atom. The number of hydrogen-bond donors (Lipinski definition) is 2. The van der Waals surface area contributed by atoms with Crippen LogP contribution in [0.2, 0.25) is 0 Å². The Hall–Kier alpha value is -2.05. The van der Waals surface area contributed by atoms with Crippen LogP contribution in [0.15, 0.2) is 30.3 Å². The van der Waals surface area contributed by atoms with E-state index in [1.165, 1.54) is 18.2 Å². The van der Waals surface area contributed by atoms with E-state index >= 15 is 0 Å². The summed E-state index contributed by atoms with van der Waals surface area (Å²) in [4.78, 5) is 26.0. The zero-order valence-electron chi connectivity index (χ0n) is 13.6. The minimum atomic E-state index is -0.984. The van der Waals surface area contributed by atoms with E-state index in [2.05, 4.69) is 5.32 Å². The average molecular weight is 349 g/mol. The predicted octanol–water partition coefficient (Wildman–Crippen LogP) is 3.32. The molecule has 0 saturated carbocycles. The van der Waals surface area contributed by atoms with E-state index in [1.807, 2.05) is 19.9 Å². The Balaban J connectivity index is 1.79. The summed E-state index contributed by atoms with van der Waals surface area (Å²) in [7, 11) is 0. The fourth-order valence-corrected chi connectivity index (χ4v) is 3.34. The first-order valence-electron chi connectivity index (χ1n) is 7.67. The number of aliphatic hydroxyl groups is 1. The summed E-state index contributed by atoms with van der Waals surface area (Å²) in [5.41, 5.74) is 1.07. The molecule has 0 fully saturated rings. The van der Waals surface area contributed by atoms with E-state index in [0.717, 1.165) is 9.75 Å². The SMILES string of the molecule is Cc1cc(C(=O)CCC(=O)NCC(O)c2cccc(F)c2)c(C)s1. The van der Waals surface area contributed by atoms with Crippen molar-refractivity contribution in [3.8, 4) is 0 Å². The Morgan fingerprint density at radius 2 is 2.00 bits per heavy atom. The highest BCUT2D eigenvalue weighted by molar-refractivity contribution is 7.12. The second-order valence-corrected chi connectivity index (χ2v) is 7.09. The largest absolute Gasteiger partial charge is 0.387 e. The zero-order chi connectivity index (χ0) is 17.7. The number of benzene rings is 1. The van der Waals surface area contributed by atoms with E-state index in [0.29, 0.717) is 11.1 Å². The van der Waals surface area contributed by atoms with Gasteiger partial charge in [-0.05, 0) is 37.6 Å². The standard InChI is InChI=1S/C18H20FNO3S/c1-11-8-15(12(2)24-11)16(21)6-7-18(23)20-10-17(22)13-4-3-5-14(19)9-13/h3-5,8-9,17,22H,6-7,10H2,1-2H3,(H,20,23). The summed E-state index contributed by atoms with van der Waals surface area (Å²) >= 11 is 1.56. The van der Waals surface area contributed by atoms with Crippen LogP contribution in [0.3, 0.4) is 0 Å². The van der Waals surface area contributed by atoms with Gasteiger partial charge in [0.2, 0.25) is 5.91 Å². The van der Waals surface area contributed by atoms with Crippen molar-refractivity contribution in [2.24, 2.45) is 0 Å². The number of nitrogens with one attached hydrogen (secondary N) is 1. The van der Waals surface area contributed by atoms with Crippen molar-refractivity contribution in [1.29, 1.82) is 0 Å².